The van der Waals surface area contributed by atoms with Crippen molar-refractivity contribution in [3.63, 3.8) is 0 Å². The first-order valence-corrected chi connectivity index (χ1v) is 5.90. The molecule has 6 nitrogen and oxygen atoms in total. The van der Waals surface area contributed by atoms with E-state index in [4.69, 9.17) is 11.6 Å². The molecule has 0 unspecified atom stereocenters. The van der Waals surface area contributed by atoms with Crippen LogP contribution in [0.15, 0.2) is 48.5 Å². The highest BCUT2D eigenvalue weighted by atomic mass is 35.5. The predicted molar refractivity (Wildman–Crippen MR) is 73.1 cm³/mol. The number of amides is 1. The summed E-state index contributed by atoms with van der Waals surface area (Å²) >= 11 is 5.71. The van der Waals surface area contributed by atoms with Gasteiger partial charge in [0.05, 0.1) is 10.6 Å². The second kappa shape index (κ2) is 5.68. The molecule has 1 amide bonds. The van der Waals surface area contributed by atoms with E-state index in [1.54, 1.807) is 0 Å². The number of nitrogens with zero attached hydrogens (tertiary/aromatic N) is 2. The van der Waals surface area contributed by atoms with Crippen molar-refractivity contribution in [2.75, 3.05) is 5.06 Å². The maximum absolute atomic E-state index is 12.0. The number of nitro groups is 1. The Morgan fingerprint density at radius 1 is 1.20 bits per heavy atom. The molecule has 0 aliphatic rings. The van der Waals surface area contributed by atoms with Gasteiger partial charge < -0.3 is 0 Å². The van der Waals surface area contributed by atoms with Crippen molar-refractivity contribution in [2.24, 2.45) is 0 Å². The van der Waals surface area contributed by atoms with Gasteiger partial charge >= 0.3 is 0 Å². The number of rotatable bonds is 3. The van der Waals surface area contributed by atoms with E-state index < -0.39 is 10.8 Å². The number of anilines is 1. The first kappa shape index (κ1) is 14.0. The molecule has 0 radical (unpaired) electrons. The largest absolute Gasteiger partial charge is 0.282 e. The van der Waals surface area contributed by atoms with Gasteiger partial charge in [-0.2, -0.15) is 5.06 Å². The summed E-state index contributed by atoms with van der Waals surface area (Å²) in [7, 11) is 0. The molecule has 0 aromatic heterocycles. The Labute approximate surface area is 118 Å². The summed E-state index contributed by atoms with van der Waals surface area (Å²) in [6, 6.07) is 11.1. The van der Waals surface area contributed by atoms with E-state index in [9.17, 15) is 20.1 Å². The van der Waals surface area contributed by atoms with Crippen LogP contribution in [0.3, 0.4) is 0 Å². The molecule has 102 valence electrons. The zero-order valence-corrected chi connectivity index (χ0v) is 10.8. The first-order valence-electron chi connectivity index (χ1n) is 5.52. The number of benzene rings is 2. The normalized spacial score (nSPS) is 10.1. The fraction of sp³-hybridized carbons (Fsp3) is 0. The standard InChI is InChI=1S/C13H9ClN2O4/c14-10-4-6-11(7-5-10)15(18)13(17)9-2-1-3-12(8-9)16(19)20/h1-8,18H. The average molecular weight is 293 g/mol. The van der Waals surface area contributed by atoms with Gasteiger partial charge in [-0.1, -0.05) is 17.7 Å². The van der Waals surface area contributed by atoms with Gasteiger partial charge in [0, 0.05) is 22.7 Å². The van der Waals surface area contributed by atoms with Crippen molar-refractivity contribution in [3.8, 4) is 0 Å². The summed E-state index contributed by atoms with van der Waals surface area (Å²) < 4.78 is 0. The van der Waals surface area contributed by atoms with E-state index in [1.807, 2.05) is 0 Å². The number of carbonyl (C=O) groups is 1. The highest BCUT2D eigenvalue weighted by Gasteiger charge is 2.18. The Morgan fingerprint density at radius 2 is 1.85 bits per heavy atom. The molecule has 1 N–H and O–H groups in total. The minimum atomic E-state index is -0.768. The van der Waals surface area contributed by atoms with E-state index in [1.165, 1.54) is 42.5 Å². The Morgan fingerprint density at radius 3 is 2.45 bits per heavy atom. The van der Waals surface area contributed by atoms with Gasteiger partial charge in [-0.25, -0.2) is 0 Å². The topological polar surface area (TPSA) is 83.7 Å². The van der Waals surface area contributed by atoms with E-state index in [0.29, 0.717) is 10.1 Å². The molecular weight excluding hydrogens is 284 g/mol. The first-order chi connectivity index (χ1) is 9.49. The van der Waals surface area contributed by atoms with Crippen LogP contribution in [0.2, 0.25) is 5.02 Å². The molecule has 0 saturated carbocycles. The highest BCUT2D eigenvalue weighted by molar-refractivity contribution is 6.30. The van der Waals surface area contributed by atoms with Crippen molar-refractivity contribution >= 4 is 28.9 Å². The molecule has 0 aliphatic carbocycles. The third-order valence-corrected chi connectivity index (χ3v) is 2.82. The third-order valence-electron chi connectivity index (χ3n) is 2.57. The zero-order valence-electron chi connectivity index (χ0n) is 10.1. The van der Waals surface area contributed by atoms with E-state index in [2.05, 4.69) is 0 Å². The number of halogens is 1. The maximum atomic E-state index is 12.0. The summed E-state index contributed by atoms with van der Waals surface area (Å²) in [6.07, 6.45) is 0. The van der Waals surface area contributed by atoms with Gasteiger partial charge in [-0.05, 0) is 30.3 Å². The Kier molecular flexibility index (Phi) is 3.97. The van der Waals surface area contributed by atoms with Crippen LogP contribution in [0, 0.1) is 10.1 Å². The number of nitro benzene ring substituents is 1. The minimum Gasteiger partial charge on any atom is -0.281 e. The van der Waals surface area contributed by atoms with E-state index >= 15 is 0 Å². The van der Waals surface area contributed by atoms with Crippen LogP contribution in [-0.4, -0.2) is 16.0 Å². The average Bonchev–Trinajstić information content (AvgIpc) is 2.46. The van der Waals surface area contributed by atoms with Crippen molar-refractivity contribution in [3.05, 3.63) is 69.2 Å². The molecule has 0 atom stereocenters. The van der Waals surface area contributed by atoms with Crippen molar-refractivity contribution < 1.29 is 14.9 Å². The number of non-ortho nitro benzene ring substituents is 1. The summed E-state index contributed by atoms with van der Waals surface area (Å²) in [4.78, 5) is 22.1. The number of hydrogen-bond donors (Lipinski definition) is 1. The van der Waals surface area contributed by atoms with Crippen LogP contribution in [0.1, 0.15) is 10.4 Å². The number of hydrogen-bond acceptors (Lipinski definition) is 4. The van der Waals surface area contributed by atoms with Crippen LogP contribution in [0.25, 0.3) is 0 Å². The fourth-order valence-corrected chi connectivity index (χ4v) is 1.70. The zero-order chi connectivity index (χ0) is 14.7. The molecule has 7 heteroatoms. The molecule has 2 aromatic carbocycles. The molecule has 0 bridgehead atoms. The van der Waals surface area contributed by atoms with Gasteiger partial charge in [0.25, 0.3) is 11.6 Å². The highest BCUT2D eigenvalue weighted by Crippen LogP contribution is 2.20. The summed E-state index contributed by atoms with van der Waals surface area (Å²) in [5.74, 6) is -0.768. The molecule has 20 heavy (non-hydrogen) atoms. The van der Waals surface area contributed by atoms with Gasteiger partial charge in [-0.3, -0.25) is 20.1 Å². The van der Waals surface area contributed by atoms with Gasteiger partial charge in [0.15, 0.2) is 0 Å². The van der Waals surface area contributed by atoms with Crippen LogP contribution in [0.4, 0.5) is 11.4 Å². The van der Waals surface area contributed by atoms with E-state index in [-0.39, 0.29) is 16.9 Å². The molecule has 2 aromatic rings. The molecule has 0 saturated heterocycles. The summed E-state index contributed by atoms with van der Waals surface area (Å²) in [6.45, 7) is 0. The Bertz CT molecular complexity index is 658. The van der Waals surface area contributed by atoms with Crippen molar-refractivity contribution in [1.82, 2.24) is 0 Å². The quantitative estimate of drug-likeness (QED) is 0.534. The smallest absolute Gasteiger partial charge is 0.281 e. The maximum Gasteiger partial charge on any atom is 0.282 e. The molecular formula is C13H9ClN2O4. The van der Waals surface area contributed by atoms with Gasteiger partial charge in [0.1, 0.15) is 0 Å². The lowest BCUT2D eigenvalue weighted by Crippen LogP contribution is -2.26. The Balaban J connectivity index is 2.28. The minimum absolute atomic E-state index is 0.0108. The summed E-state index contributed by atoms with van der Waals surface area (Å²) in [5, 5.41) is 21.4. The van der Waals surface area contributed by atoms with Crippen molar-refractivity contribution in [2.45, 2.75) is 0 Å². The molecule has 0 fully saturated rings. The molecule has 0 spiro atoms. The van der Waals surface area contributed by atoms with Crippen LogP contribution in [-0.2, 0) is 0 Å². The lowest BCUT2D eigenvalue weighted by molar-refractivity contribution is -0.384. The summed E-state index contributed by atoms with van der Waals surface area (Å²) in [5.41, 5.74) is 0.00270. The monoisotopic (exact) mass is 292 g/mol. The van der Waals surface area contributed by atoms with Crippen LogP contribution >= 0.6 is 11.6 Å². The molecule has 2 rings (SSSR count). The molecule has 0 aliphatic heterocycles. The SMILES string of the molecule is O=C(c1cccc([N+](=O)[O-])c1)N(O)c1ccc(Cl)cc1. The fourth-order valence-electron chi connectivity index (χ4n) is 1.57. The predicted octanol–water partition coefficient (Wildman–Crippen LogP) is 3.28. The number of carbonyl (C=O) groups excluding carboxylic acids is 1. The lowest BCUT2D eigenvalue weighted by Gasteiger charge is -2.14. The lowest BCUT2D eigenvalue weighted by atomic mass is 10.2. The van der Waals surface area contributed by atoms with Crippen LogP contribution < -0.4 is 5.06 Å². The van der Waals surface area contributed by atoms with Crippen LogP contribution in [0.5, 0.6) is 0 Å². The van der Waals surface area contributed by atoms with Gasteiger partial charge in [-0.15, -0.1) is 0 Å². The van der Waals surface area contributed by atoms with E-state index in [0.717, 1.165) is 6.07 Å². The Hall–Kier alpha value is -2.44. The molecule has 0 heterocycles. The second-order valence-corrected chi connectivity index (χ2v) is 4.34. The van der Waals surface area contributed by atoms with Crippen molar-refractivity contribution in [1.29, 1.82) is 0 Å². The van der Waals surface area contributed by atoms with Gasteiger partial charge in [0.2, 0.25) is 0 Å². The number of hydroxylamine groups is 1. The second-order valence-electron chi connectivity index (χ2n) is 3.90. The third kappa shape index (κ3) is 2.93.